The highest BCUT2D eigenvalue weighted by Crippen LogP contribution is 2.35. The van der Waals surface area contributed by atoms with Gasteiger partial charge in [0.2, 0.25) is 5.89 Å². The molecule has 0 radical (unpaired) electrons. The zero-order valence-electron chi connectivity index (χ0n) is 13.2. The molecule has 0 saturated carbocycles. The van der Waals surface area contributed by atoms with E-state index in [0.29, 0.717) is 22.8 Å². The van der Waals surface area contributed by atoms with Gasteiger partial charge in [0.15, 0.2) is 5.58 Å². The van der Waals surface area contributed by atoms with E-state index in [2.05, 4.69) is 25.8 Å². The molecule has 1 N–H and O–H groups in total. The van der Waals surface area contributed by atoms with Crippen molar-refractivity contribution < 1.29 is 14.3 Å². The van der Waals surface area contributed by atoms with Gasteiger partial charge in [-0.1, -0.05) is 26.8 Å². The molecular formula is C18H19NO3. The smallest absolute Gasteiger partial charge is 0.231 e. The van der Waals surface area contributed by atoms with Gasteiger partial charge in [-0.25, -0.2) is 4.98 Å². The molecule has 0 aliphatic heterocycles. The molecule has 2 aromatic carbocycles. The molecule has 0 atom stereocenters. The van der Waals surface area contributed by atoms with E-state index in [-0.39, 0.29) is 11.2 Å². The van der Waals surface area contributed by atoms with Crippen LogP contribution in [0.2, 0.25) is 0 Å². The molecule has 0 amide bonds. The third-order valence-corrected chi connectivity index (χ3v) is 3.69. The maximum Gasteiger partial charge on any atom is 0.231 e. The number of methoxy groups -OCH3 is 1. The van der Waals surface area contributed by atoms with Crippen LogP contribution < -0.4 is 4.74 Å². The predicted molar refractivity (Wildman–Crippen MR) is 86.4 cm³/mol. The number of nitrogens with zero attached hydrogens (tertiary/aromatic N) is 1. The van der Waals surface area contributed by atoms with Crippen molar-refractivity contribution in [3.8, 4) is 23.0 Å². The number of rotatable bonds is 2. The van der Waals surface area contributed by atoms with Gasteiger partial charge in [0.05, 0.1) is 12.7 Å². The van der Waals surface area contributed by atoms with Crippen LogP contribution in [0.1, 0.15) is 26.3 Å². The van der Waals surface area contributed by atoms with E-state index in [1.807, 2.05) is 18.2 Å². The number of ether oxygens (including phenoxy) is 1. The fourth-order valence-electron chi connectivity index (χ4n) is 2.32. The molecule has 0 fully saturated rings. The molecule has 0 spiro atoms. The van der Waals surface area contributed by atoms with Gasteiger partial charge in [-0.15, -0.1) is 0 Å². The van der Waals surface area contributed by atoms with Crippen LogP contribution in [0.5, 0.6) is 11.5 Å². The molecule has 0 unspecified atom stereocenters. The number of hydrogen-bond donors (Lipinski definition) is 1. The van der Waals surface area contributed by atoms with Crippen LogP contribution in [-0.4, -0.2) is 17.2 Å². The van der Waals surface area contributed by atoms with Gasteiger partial charge in [-0.05, 0) is 41.3 Å². The molecule has 114 valence electrons. The maximum absolute atomic E-state index is 10.0. The van der Waals surface area contributed by atoms with E-state index in [1.165, 1.54) is 5.56 Å². The fraction of sp³-hybridized carbons (Fsp3) is 0.278. The normalized spacial score (nSPS) is 11.8. The van der Waals surface area contributed by atoms with E-state index in [1.54, 1.807) is 25.3 Å². The predicted octanol–water partition coefficient (Wildman–Crippen LogP) is 4.51. The molecule has 1 aromatic heterocycles. The first-order chi connectivity index (χ1) is 10.4. The largest absolute Gasteiger partial charge is 0.507 e. The Morgan fingerprint density at radius 2 is 1.86 bits per heavy atom. The summed E-state index contributed by atoms with van der Waals surface area (Å²) in [6, 6.07) is 11.0. The molecule has 0 aliphatic rings. The van der Waals surface area contributed by atoms with Crippen LogP contribution in [-0.2, 0) is 5.41 Å². The highest BCUT2D eigenvalue weighted by molar-refractivity contribution is 5.78. The minimum Gasteiger partial charge on any atom is -0.507 e. The van der Waals surface area contributed by atoms with Gasteiger partial charge >= 0.3 is 0 Å². The summed E-state index contributed by atoms with van der Waals surface area (Å²) in [5, 5.41) is 10.0. The minimum atomic E-state index is 0.0470. The summed E-state index contributed by atoms with van der Waals surface area (Å²) in [5.74, 6) is 1.14. The quantitative estimate of drug-likeness (QED) is 0.756. The van der Waals surface area contributed by atoms with E-state index in [4.69, 9.17) is 9.15 Å². The molecule has 0 saturated heterocycles. The summed E-state index contributed by atoms with van der Waals surface area (Å²) in [6.07, 6.45) is 0. The molecule has 4 heteroatoms. The van der Waals surface area contributed by atoms with Crippen LogP contribution in [0, 0.1) is 0 Å². The summed E-state index contributed by atoms with van der Waals surface area (Å²) in [6.45, 7) is 6.47. The van der Waals surface area contributed by atoms with E-state index >= 15 is 0 Å². The van der Waals surface area contributed by atoms with Crippen molar-refractivity contribution in [1.82, 2.24) is 4.98 Å². The Morgan fingerprint density at radius 1 is 1.09 bits per heavy atom. The lowest BCUT2D eigenvalue weighted by Crippen LogP contribution is -2.10. The van der Waals surface area contributed by atoms with Crippen molar-refractivity contribution in [2.45, 2.75) is 26.2 Å². The molecule has 3 aromatic rings. The lowest BCUT2D eigenvalue weighted by atomic mass is 9.87. The monoisotopic (exact) mass is 297 g/mol. The van der Waals surface area contributed by atoms with E-state index in [9.17, 15) is 5.11 Å². The van der Waals surface area contributed by atoms with E-state index in [0.717, 1.165) is 5.52 Å². The zero-order chi connectivity index (χ0) is 15.9. The SMILES string of the molecule is COc1ccc(O)c(-c2nc3cc(C(C)(C)C)ccc3o2)c1. The third-order valence-electron chi connectivity index (χ3n) is 3.69. The molecule has 4 nitrogen and oxygen atoms in total. The number of fused-ring (bicyclic) bond motifs is 1. The Hall–Kier alpha value is -2.49. The average molecular weight is 297 g/mol. The Morgan fingerprint density at radius 3 is 2.55 bits per heavy atom. The van der Waals surface area contributed by atoms with Gasteiger partial charge in [-0.2, -0.15) is 0 Å². The van der Waals surface area contributed by atoms with Crippen molar-refractivity contribution >= 4 is 11.1 Å². The highest BCUT2D eigenvalue weighted by atomic mass is 16.5. The van der Waals surface area contributed by atoms with Crippen molar-refractivity contribution in [2.24, 2.45) is 0 Å². The Labute approximate surface area is 129 Å². The van der Waals surface area contributed by atoms with Gasteiger partial charge < -0.3 is 14.3 Å². The minimum absolute atomic E-state index is 0.0470. The fourth-order valence-corrected chi connectivity index (χ4v) is 2.32. The highest BCUT2D eigenvalue weighted by Gasteiger charge is 2.17. The van der Waals surface area contributed by atoms with Gasteiger partial charge in [-0.3, -0.25) is 0 Å². The number of benzene rings is 2. The first-order valence-electron chi connectivity index (χ1n) is 7.17. The number of phenolic OH excluding ortho intramolecular Hbond substituents is 1. The van der Waals surface area contributed by atoms with Crippen molar-refractivity contribution in [2.75, 3.05) is 7.11 Å². The average Bonchev–Trinajstić information content (AvgIpc) is 2.89. The summed E-state index contributed by atoms with van der Waals surface area (Å²) in [4.78, 5) is 4.51. The lowest BCUT2D eigenvalue weighted by Gasteiger charge is -2.18. The molecular weight excluding hydrogens is 278 g/mol. The Kier molecular flexibility index (Phi) is 3.32. The maximum atomic E-state index is 10.0. The van der Waals surface area contributed by atoms with Crippen molar-refractivity contribution in [3.63, 3.8) is 0 Å². The number of aromatic nitrogens is 1. The first-order valence-corrected chi connectivity index (χ1v) is 7.17. The zero-order valence-corrected chi connectivity index (χ0v) is 13.2. The topological polar surface area (TPSA) is 55.5 Å². The second-order valence-corrected chi connectivity index (χ2v) is 6.33. The van der Waals surface area contributed by atoms with Crippen LogP contribution in [0.3, 0.4) is 0 Å². The van der Waals surface area contributed by atoms with Crippen molar-refractivity contribution in [1.29, 1.82) is 0 Å². The molecule has 22 heavy (non-hydrogen) atoms. The second-order valence-electron chi connectivity index (χ2n) is 6.33. The molecule has 0 aliphatic carbocycles. The summed E-state index contributed by atoms with van der Waals surface area (Å²) >= 11 is 0. The van der Waals surface area contributed by atoms with Gasteiger partial charge in [0.25, 0.3) is 0 Å². The molecule has 1 heterocycles. The number of oxazole rings is 1. The van der Waals surface area contributed by atoms with Gasteiger partial charge in [0.1, 0.15) is 17.0 Å². The summed E-state index contributed by atoms with van der Waals surface area (Å²) < 4.78 is 11.0. The number of aromatic hydroxyl groups is 1. The molecule has 0 bridgehead atoms. The molecule has 3 rings (SSSR count). The Bertz CT molecular complexity index is 828. The number of phenols is 1. The number of hydrogen-bond acceptors (Lipinski definition) is 4. The first kappa shape index (κ1) is 14.4. The summed E-state index contributed by atoms with van der Waals surface area (Å²) in [7, 11) is 1.58. The van der Waals surface area contributed by atoms with Crippen LogP contribution in [0.25, 0.3) is 22.6 Å². The standard InChI is InChI=1S/C18H19NO3/c1-18(2,3)11-5-8-16-14(9-11)19-17(22-16)13-10-12(21-4)6-7-15(13)20/h5-10,20H,1-4H3. The Balaban J connectivity index is 2.13. The second kappa shape index (κ2) is 5.05. The van der Waals surface area contributed by atoms with Gasteiger partial charge in [0, 0.05) is 0 Å². The third kappa shape index (κ3) is 2.52. The lowest BCUT2D eigenvalue weighted by molar-refractivity contribution is 0.412. The summed E-state index contributed by atoms with van der Waals surface area (Å²) in [5.41, 5.74) is 3.24. The van der Waals surface area contributed by atoms with Crippen molar-refractivity contribution in [3.05, 3.63) is 42.0 Å². The van der Waals surface area contributed by atoms with Crippen LogP contribution in [0.4, 0.5) is 0 Å². The van der Waals surface area contributed by atoms with Crippen LogP contribution >= 0.6 is 0 Å². The van der Waals surface area contributed by atoms with Crippen LogP contribution in [0.15, 0.2) is 40.8 Å². The van der Waals surface area contributed by atoms with E-state index < -0.39 is 0 Å².